The van der Waals surface area contributed by atoms with E-state index in [1.807, 2.05) is 6.07 Å². The van der Waals surface area contributed by atoms with E-state index in [1.165, 1.54) is 11.6 Å². The van der Waals surface area contributed by atoms with Crippen LogP contribution in [0.4, 0.5) is 5.82 Å². The largest absolute Gasteiger partial charge is 0.370 e. The second-order valence-electron chi connectivity index (χ2n) is 7.13. The van der Waals surface area contributed by atoms with Crippen molar-refractivity contribution in [1.29, 1.82) is 5.26 Å². The van der Waals surface area contributed by atoms with Crippen molar-refractivity contribution in [1.82, 2.24) is 9.13 Å². The lowest BCUT2D eigenvalue weighted by atomic mass is 9.84. The van der Waals surface area contributed by atoms with Gasteiger partial charge in [0.15, 0.2) is 5.56 Å². The van der Waals surface area contributed by atoms with Gasteiger partial charge in [-0.05, 0) is 24.2 Å². The van der Waals surface area contributed by atoms with Gasteiger partial charge in [0.05, 0.1) is 0 Å². The standard InChI is InChI=1S/C16H26N4O2/c1-11(9-16(2,3)4)7-8-18-13-12(10-17)14(21)20(6)15(22)19(13)5/h11,18H,7-9H2,1-6H3. The summed E-state index contributed by atoms with van der Waals surface area (Å²) in [6.45, 7) is 9.41. The molecule has 0 bridgehead atoms. The lowest BCUT2D eigenvalue weighted by Gasteiger charge is -2.23. The molecule has 0 amide bonds. The monoisotopic (exact) mass is 306 g/mol. The first-order valence-corrected chi connectivity index (χ1v) is 7.52. The van der Waals surface area contributed by atoms with Gasteiger partial charge in [-0.3, -0.25) is 13.9 Å². The maximum Gasteiger partial charge on any atom is 0.332 e. The Hall–Kier alpha value is -2.03. The minimum absolute atomic E-state index is 0.0203. The molecule has 22 heavy (non-hydrogen) atoms. The summed E-state index contributed by atoms with van der Waals surface area (Å²) in [4.78, 5) is 23.9. The molecule has 1 atom stereocenters. The van der Waals surface area contributed by atoms with E-state index in [1.54, 1.807) is 7.05 Å². The van der Waals surface area contributed by atoms with Crippen molar-refractivity contribution in [3.63, 3.8) is 0 Å². The molecular formula is C16H26N4O2. The molecule has 1 heterocycles. The molecule has 122 valence electrons. The minimum atomic E-state index is -0.559. The Bertz CT molecular complexity index is 686. The highest BCUT2D eigenvalue weighted by Crippen LogP contribution is 2.25. The van der Waals surface area contributed by atoms with E-state index < -0.39 is 11.2 Å². The van der Waals surface area contributed by atoms with E-state index >= 15 is 0 Å². The smallest absolute Gasteiger partial charge is 0.332 e. The zero-order chi connectivity index (χ0) is 17.1. The predicted molar refractivity (Wildman–Crippen MR) is 88.0 cm³/mol. The number of nitrogens with one attached hydrogen (secondary N) is 1. The third kappa shape index (κ3) is 4.23. The topological polar surface area (TPSA) is 79.8 Å². The number of rotatable bonds is 5. The Kier molecular flexibility index (Phi) is 5.59. The van der Waals surface area contributed by atoms with Crippen LogP contribution in [-0.2, 0) is 14.1 Å². The van der Waals surface area contributed by atoms with Crippen LogP contribution in [0.3, 0.4) is 0 Å². The maximum atomic E-state index is 12.0. The molecule has 1 aromatic heterocycles. The van der Waals surface area contributed by atoms with Gasteiger partial charge in [-0.1, -0.05) is 27.7 Å². The lowest BCUT2D eigenvalue weighted by molar-refractivity contribution is 0.300. The molecule has 1 unspecified atom stereocenters. The van der Waals surface area contributed by atoms with Gasteiger partial charge in [0.1, 0.15) is 11.9 Å². The third-order valence-electron chi connectivity index (χ3n) is 3.67. The van der Waals surface area contributed by atoms with Gasteiger partial charge < -0.3 is 5.32 Å². The predicted octanol–water partition coefficient (Wildman–Crippen LogP) is 1.83. The van der Waals surface area contributed by atoms with Crippen molar-refractivity contribution in [2.75, 3.05) is 11.9 Å². The van der Waals surface area contributed by atoms with Crippen LogP contribution in [0.25, 0.3) is 0 Å². The molecule has 1 N–H and O–H groups in total. The highest BCUT2D eigenvalue weighted by molar-refractivity contribution is 5.51. The van der Waals surface area contributed by atoms with Gasteiger partial charge in [-0.2, -0.15) is 5.26 Å². The minimum Gasteiger partial charge on any atom is -0.370 e. The van der Waals surface area contributed by atoms with Crippen molar-refractivity contribution in [2.24, 2.45) is 25.4 Å². The fourth-order valence-electron chi connectivity index (χ4n) is 2.74. The van der Waals surface area contributed by atoms with Crippen LogP contribution in [0.1, 0.15) is 46.1 Å². The Morgan fingerprint density at radius 3 is 2.32 bits per heavy atom. The number of aromatic nitrogens is 2. The summed E-state index contributed by atoms with van der Waals surface area (Å²) >= 11 is 0. The van der Waals surface area contributed by atoms with Crippen LogP contribution in [0.5, 0.6) is 0 Å². The zero-order valence-corrected chi connectivity index (χ0v) is 14.4. The zero-order valence-electron chi connectivity index (χ0n) is 14.4. The van der Waals surface area contributed by atoms with E-state index in [0.717, 1.165) is 17.4 Å². The summed E-state index contributed by atoms with van der Waals surface area (Å²) in [6.07, 6.45) is 2.00. The SMILES string of the molecule is CC(CCNc1c(C#N)c(=O)n(C)c(=O)n1C)CC(C)(C)C. The summed E-state index contributed by atoms with van der Waals surface area (Å²) in [5.41, 5.74) is -0.745. The molecule has 1 aromatic rings. The molecule has 0 radical (unpaired) electrons. The molecule has 0 spiro atoms. The van der Waals surface area contributed by atoms with Gasteiger partial charge in [-0.15, -0.1) is 0 Å². The molecule has 0 fully saturated rings. The Morgan fingerprint density at radius 2 is 1.82 bits per heavy atom. The van der Waals surface area contributed by atoms with Gasteiger partial charge in [0.25, 0.3) is 5.56 Å². The van der Waals surface area contributed by atoms with Crippen molar-refractivity contribution >= 4 is 5.82 Å². The molecule has 0 aliphatic heterocycles. The van der Waals surface area contributed by atoms with Crippen LogP contribution in [0, 0.1) is 22.7 Å². The van der Waals surface area contributed by atoms with Crippen molar-refractivity contribution in [3.8, 4) is 6.07 Å². The summed E-state index contributed by atoms with van der Waals surface area (Å²) in [5.74, 6) is 0.820. The summed E-state index contributed by atoms with van der Waals surface area (Å²) in [7, 11) is 2.93. The van der Waals surface area contributed by atoms with E-state index in [4.69, 9.17) is 0 Å². The van der Waals surface area contributed by atoms with Gasteiger partial charge in [-0.25, -0.2) is 4.79 Å². The summed E-state index contributed by atoms with van der Waals surface area (Å²) in [5, 5.41) is 12.3. The number of hydrogen-bond acceptors (Lipinski definition) is 4. The van der Waals surface area contributed by atoms with Crippen LogP contribution >= 0.6 is 0 Å². The Morgan fingerprint density at radius 1 is 1.23 bits per heavy atom. The highest BCUT2D eigenvalue weighted by Gasteiger charge is 2.17. The second-order valence-corrected chi connectivity index (χ2v) is 7.13. The molecule has 0 aliphatic carbocycles. The molecule has 1 rings (SSSR count). The average molecular weight is 306 g/mol. The second kappa shape index (κ2) is 6.82. The number of nitriles is 1. The summed E-state index contributed by atoms with van der Waals surface area (Å²) in [6, 6.07) is 1.89. The molecule has 0 saturated carbocycles. The first-order valence-electron chi connectivity index (χ1n) is 7.52. The fraction of sp³-hybridized carbons (Fsp3) is 0.688. The van der Waals surface area contributed by atoms with Crippen molar-refractivity contribution in [3.05, 3.63) is 26.4 Å². The van der Waals surface area contributed by atoms with Crippen molar-refractivity contribution in [2.45, 2.75) is 40.5 Å². The number of nitrogens with zero attached hydrogens (tertiary/aromatic N) is 3. The van der Waals surface area contributed by atoms with Crippen molar-refractivity contribution < 1.29 is 0 Å². The molecule has 0 aliphatic rings. The maximum absolute atomic E-state index is 12.0. The summed E-state index contributed by atoms with van der Waals surface area (Å²) < 4.78 is 2.26. The average Bonchev–Trinajstić information content (AvgIpc) is 2.40. The van der Waals surface area contributed by atoms with E-state index in [9.17, 15) is 14.9 Å². The van der Waals surface area contributed by atoms with Crippen LogP contribution in [-0.4, -0.2) is 15.7 Å². The molecule has 6 nitrogen and oxygen atoms in total. The number of anilines is 1. The van der Waals surface area contributed by atoms with Gasteiger partial charge in [0, 0.05) is 20.6 Å². The first kappa shape index (κ1) is 18.0. The van der Waals surface area contributed by atoms with E-state index in [0.29, 0.717) is 18.3 Å². The van der Waals surface area contributed by atoms with E-state index in [-0.39, 0.29) is 11.0 Å². The quantitative estimate of drug-likeness (QED) is 0.900. The highest BCUT2D eigenvalue weighted by atomic mass is 16.2. The molecule has 6 heteroatoms. The van der Waals surface area contributed by atoms with Crippen LogP contribution < -0.4 is 16.6 Å². The first-order chi connectivity index (χ1) is 10.1. The normalized spacial score (nSPS) is 12.8. The van der Waals surface area contributed by atoms with Gasteiger partial charge >= 0.3 is 5.69 Å². The van der Waals surface area contributed by atoms with Crippen LogP contribution in [0.2, 0.25) is 0 Å². The Balaban J connectivity index is 2.90. The number of hydrogen-bond donors (Lipinski definition) is 1. The Labute approximate surface area is 131 Å². The molecule has 0 saturated heterocycles. The van der Waals surface area contributed by atoms with E-state index in [2.05, 4.69) is 33.0 Å². The molecular weight excluding hydrogens is 280 g/mol. The lowest BCUT2D eigenvalue weighted by Crippen LogP contribution is -2.40. The fourth-order valence-corrected chi connectivity index (χ4v) is 2.74. The van der Waals surface area contributed by atoms with Gasteiger partial charge in [0.2, 0.25) is 0 Å². The van der Waals surface area contributed by atoms with Crippen LogP contribution in [0.15, 0.2) is 9.59 Å². The molecule has 0 aromatic carbocycles. The third-order valence-corrected chi connectivity index (χ3v) is 3.67.